The summed E-state index contributed by atoms with van der Waals surface area (Å²) in [5.74, 6) is 0.173. The summed E-state index contributed by atoms with van der Waals surface area (Å²) in [4.78, 5) is 19.4. The highest BCUT2D eigenvalue weighted by Gasteiger charge is 2.31. The number of rotatable bonds is 3. The third-order valence-electron chi connectivity index (χ3n) is 4.25. The van der Waals surface area contributed by atoms with Gasteiger partial charge in [-0.3, -0.25) is 4.79 Å². The topological polar surface area (TPSA) is 23.6 Å². The molecule has 2 aromatic rings. The molecular weight excluding hydrogens is 292 g/mol. The van der Waals surface area contributed by atoms with Crippen LogP contribution >= 0.6 is 11.3 Å². The van der Waals surface area contributed by atoms with Crippen LogP contribution in [0.2, 0.25) is 0 Å². The van der Waals surface area contributed by atoms with Crippen LogP contribution in [0.4, 0.5) is 0 Å². The van der Waals surface area contributed by atoms with Crippen LogP contribution in [-0.2, 0) is 6.42 Å². The number of amides is 1. The van der Waals surface area contributed by atoms with Gasteiger partial charge < -0.3 is 9.80 Å². The van der Waals surface area contributed by atoms with Crippen molar-refractivity contribution in [3.8, 4) is 0 Å². The zero-order chi connectivity index (χ0) is 15.5. The van der Waals surface area contributed by atoms with E-state index in [9.17, 15) is 4.79 Å². The second-order valence-electron chi connectivity index (χ2n) is 5.81. The van der Waals surface area contributed by atoms with Gasteiger partial charge in [0, 0.05) is 24.5 Å². The molecule has 2 heterocycles. The van der Waals surface area contributed by atoms with Crippen molar-refractivity contribution in [2.45, 2.75) is 19.4 Å². The molecule has 1 amide bonds. The normalized spacial score (nSPS) is 19.4. The third kappa shape index (κ3) is 3.08. The van der Waals surface area contributed by atoms with Crippen LogP contribution in [0.15, 0.2) is 42.5 Å². The van der Waals surface area contributed by atoms with E-state index >= 15 is 0 Å². The van der Waals surface area contributed by atoms with Gasteiger partial charge in [-0.05, 0) is 31.2 Å². The Labute approximate surface area is 136 Å². The monoisotopic (exact) mass is 314 g/mol. The number of aryl methyl sites for hydroxylation is 1. The van der Waals surface area contributed by atoms with Gasteiger partial charge in [0.15, 0.2) is 0 Å². The molecule has 1 unspecified atom stereocenters. The lowest BCUT2D eigenvalue weighted by atomic mass is 10.0. The number of hydrogen-bond acceptors (Lipinski definition) is 3. The van der Waals surface area contributed by atoms with Gasteiger partial charge in [0.1, 0.15) is 0 Å². The SMILES string of the molecule is CCc1ccc(C(=O)N2CCN(C)CC2c2ccccc2)s1. The van der Waals surface area contributed by atoms with Crippen LogP contribution in [-0.4, -0.2) is 42.4 Å². The minimum absolute atomic E-state index is 0.139. The average molecular weight is 314 g/mol. The number of carbonyl (C=O) groups is 1. The molecule has 22 heavy (non-hydrogen) atoms. The van der Waals surface area contributed by atoms with Crippen molar-refractivity contribution in [1.29, 1.82) is 0 Å². The standard InChI is InChI=1S/C18H22N2OS/c1-3-15-9-10-17(22-15)18(21)20-12-11-19(2)13-16(20)14-7-5-4-6-8-14/h4-10,16H,3,11-13H2,1-2H3. The van der Waals surface area contributed by atoms with Crippen molar-refractivity contribution >= 4 is 17.2 Å². The van der Waals surface area contributed by atoms with Gasteiger partial charge >= 0.3 is 0 Å². The van der Waals surface area contributed by atoms with Crippen molar-refractivity contribution in [3.05, 3.63) is 57.8 Å². The summed E-state index contributed by atoms with van der Waals surface area (Å²) in [5, 5.41) is 0. The molecule has 0 radical (unpaired) electrons. The molecule has 0 aliphatic carbocycles. The number of thiophene rings is 1. The predicted molar refractivity (Wildman–Crippen MR) is 91.4 cm³/mol. The van der Waals surface area contributed by atoms with Crippen molar-refractivity contribution in [1.82, 2.24) is 9.80 Å². The first-order chi connectivity index (χ1) is 10.7. The Morgan fingerprint density at radius 2 is 1.95 bits per heavy atom. The first-order valence-electron chi connectivity index (χ1n) is 7.82. The Kier molecular flexibility index (Phi) is 4.60. The lowest BCUT2D eigenvalue weighted by molar-refractivity contribution is 0.0503. The van der Waals surface area contributed by atoms with Crippen molar-refractivity contribution < 1.29 is 4.79 Å². The van der Waals surface area contributed by atoms with Gasteiger partial charge in [-0.2, -0.15) is 0 Å². The molecule has 4 heteroatoms. The van der Waals surface area contributed by atoms with E-state index in [1.165, 1.54) is 10.4 Å². The van der Waals surface area contributed by atoms with Crippen LogP contribution in [0.5, 0.6) is 0 Å². The minimum atomic E-state index is 0.139. The minimum Gasteiger partial charge on any atom is -0.328 e. The predicted octanol–water partition coefficient (Wildman–Crippen LogP) is 3.44. The summed E-state index contributed by atoms with van der Waals surface area (Å²) in [7, 11) is 2.12. The quantitative estimate of drug-likeness (QED) is 0.866. The lowest BCUT2D eigenvalue weighted by Gasteiger charge is -2.40. The first-order valence-corrected chi connectivity index (χ1v) is 8.64. The van der Waals surface area contributed by atoms with Crippen molar-refractivity contribution in [3.63, 3.8) is 0 Å². The summed E-state index contributed by atoms with van der Waals surface area (Å²) in [6.07, 6.45) is 0.989. The van der Waals surface area contributed by atoms with Gasteiger partial charge in [0.2, 0.25) is 0 Å². The molecule has 116 valence electrons. The first kappa shape index (κ1) is 15.3. The Hall–Kier alpha value is -1.65. The van der Waals surface area contributed by atoms with E-state index in [0.717, 1.165) is 30.9 Å². The van der Waals surface area contributed by atoms with Gasteiger partial charge in [0.25, 0.3) is 5.91 Å². The molecule has 1 aromatic carbocycles. The maximum atomic E-state index is 12.9. The zero-order valence-corrected chi connectivity index (χ0v) is 14.0. The van der Waals surface area contributed by atoms with E-state index in [2.05, 4.69) is 37.1 Å². The number of piperazine rings is 1. The molecule has 0 bridgehead atoms. The van der Waals surface area contributed by atoms with Crippen LogP contribution in [0.3, 0.4) is 0 Å². The molecule has 0 saturated carbocycles. The number of benzene rings is 1. The van der Waals surface area contributed by atoms with E-state index < -0.39 is 0 Å². The molecule has 1 saturated heterocycles. The van der Waals surface area contributed by atoms with Crippen LogP contribution in [0, 0.1) is 0 Å². The fraction of sp³-hybridized carbons (Fsp3) is 0.389. The Morgan fingerprint density at radius 3 is 2.64 bits per heavy atom. The maximum Gasteiger partial charge on any atom is 0.264 e. The molecular formula is C18H22N2OS. The second-order valence-corrected chi connectivity index (χ2v) is 6.98. The number of carbonyl (C=O) groups excluding carboxylic acids is 1. The van der Waals surface area contributed by atoms with E-state index in [1.807, 2.05) is 29.2 Å². The molecule has 1 aliphatic heterocycles. The van der Waals surface area contributed by atoms with E-state index in [0.29, 0.717) is 0 Å². The fourth-order valence-corrected chi connectivity index (χ4v) is 3.85. The van der Waals surface area contributed by atoms with E-state index in [-0.39, 0.29) is 11.9 Å². The Balaban J connectivity index is 1.87. The lowest BCUT2D eigenvalue weighted by Crippen LogP contribution is -2.49. The summed E-state index contributed by atoms with van der Waals surface area (Å²) in [6, 6.07) is 14.6. The van der Waals surface area contributed by atoms with Gasteiger partial charge in [-0.25, -0.2) is 0 Å². The molecule has 1 atom stereocenters. The molecule has 0 spiro atoms. The van der Waals surface area contributed by atoms with Crippen LogP contribution in [0.25, 0.3) is 0 Å². The van der Waals surface area contributed by atoms with Crippen molar-refractivity contribution in [2.24, 2.45) is 0 Å². The van der Waals surface area contributed by atoms with Crippen molar-refractivity contribution in [2.75, 3.05) is 26.7 Å². The molecule has 1 fully saturated rings. The summed E-state index contributed by atoms with van der Waals surface area (Å²) >= 11 is 1.63. The molecule has 3 nitrogen and oxygen atoms in total. The zero-order valence-electron chi connectivity index (χ0n) is 13.2. The van der Waals surface area contributed by atoms with E-state index in [1.54, 1.807) is 11.3 Å². The molecule has 1 aromatic heterocycles. The second kappa shape index (κ2) is 6.63. The molecule has 0 N–H and O–H groups in total. The maximum absolute atomic E-state index is 12.9. The van der Waals surface area contributed by atoms with Gasteiger partial charge in [-0.1, -0.05) is 37.3 Å². The van der Waals surface area contributed by atoms with Crippen LogP contribution < -0.4 is 0 Å². The third-order valence-corrected chi connectivity index (χ3v) is 5.47. The summed E-state index contributed by atoms with van der Waals surface area (Å²) in [5.41, 5.74) is 1.22. The van der Waals surface area contributed by atoms with E-state index in [4.69, 9.17) is 0 Å². The Bertz CT molecular complexity index is 638. The largest absolute Gasteiger partial charge is 0.328 e. The summed E-state index contributed by atoms with van der Waals surface area (Å²) < 4.78 is 0. The van der Waals surface area contributed by atoms with Crippen LogP contribution in [0.1, 0.15) is 33.1 Å². The fourth-order valence-electron chi connectivity index (χ4n) is 2.95. The smallest absolute Gasteiger partial charge is 0.264 e. The van der Waals surface area contributed by atoms with Gasteiger partial charge in [-0.15, -0.1) is 11.3 Å². The highest BCUT2D eigenvalue weighted by atomic mass is 32.1. The Morgan fingerprint density at radius 1 is 1.18 bits per heavy atom. The highest BCUT2D eigenvalue weighted by molar-refractivity contribution is 7.14. The average Bonchev–Trinajstić information content (AvgIpc) is 3.04. The summed E-state index contributed by atoms with van der Waals surface area (Å²) in [6.45, 7) is 4.74. The number of hydrogen-bond donors (Lipinski definition) is 0. The molecule has 1 aliphatic rings. The number of nitrogens with zero attached hydrogens (tertiary/aromatic N) is 2. The van der Waals surface area contributed by atoms with Gasteiger partial charge in [0.05, 0.1) is 10.9 Å². The highest BCUT2D eigenvalue weighted by Crippen LogP contribution is 2.28. The number of likely N-dealkylation sites (N-methyl/N-ethyl adjacent to an activating group) is 1. The molecule has 3 rings (SSSR count).